The molecule has 0 radical (unpaired) electrons. The van der Waals surface area contributed by atoms with Crippen LogP contribution in [-0.2, 0) is 9.47 Å². The fraction of sp³-hybridized carbons (Fsp3) is 1.00. The highest BCUT2D eigenvalue weighted by Crippen LogP contribution is 2.28. The summed E-state index contributed by atoms with van der Waals surface area (Å²) in [5.41, 5.74) is -0.402. The number of ether oxygens (including phenoxy) is 2. The Kier molecular flexibility index (Phi) is 5.28. The van der Waals surface area contributed by atoms with Crippen LogP contribution in [0.1, 0.15) is 27.7 Å². The Hall–Kier alpha value is -0.240. The van der Waals surface area contributed by atoms with Crippen LogP contribution in [0.4, 0.5) is 0 Å². The van der Waals surface area contributed by atoms with Crippen molar-refractivity contribution in [2.75, 3.05) is 33.2 Å². The van der Waals surface area contributed by atoms with Gasteiger partial charge in [0.15, 0.2) is 6.29 Å². The number of aliphatic hydroxyl groups excluding tert-OH is 2. The maximum atomic E-state index is 10.6. The van der Waals surface area contributed by atoms with Crippen LogP contribution in [0.25, 0.3) is 0 Å². The van der Waals surface area contributed by atoms with Crippen molar-refractivity contribution in [1.29, 1.82) is 0 Å². The van der Waals surface area contributed by atoms with Crippen LogP contribution in [0.5, 0.6) is 0 Å². The highest BCUT2D eigenvalue weighted by molar-refractivity contribution is 4.96. The molecule has 0 aromatic rings. The molecular weight excluding hydrogens is 272 g/mol. The third-order valence-electron chi connectivity index (χ3n) is 4.24. The van der Waals surface area contributed by atoms with Gasteiger partial charge in [-0.25, -0.2) is 0 Å². The SMILES string of the molecule is C[C@H]1O[C@@H](OC(C)(C)C)[C@@H](O)C(N2CCN(C)CC2)[C@@H]1O. The summed E-state index contributed by atoms with van der Waals surface area (Å²) in [6, 6.07) is -0.338. The lowest BCUT2D eigenvalue weighted by atomic mass is 9.94. The molecule has 0 amide bonds. The summed E-state index contributed by atoms with van der Waals surface area (Å²) in [5.74, 6) is 0. The van der Waals surface area contributed by atoms with E-state index in [0.717, 1.165) is 26.2 Å². The van der Waals surface area contributed by atoms with Crippen LogP contribution < -0.4 is 0 Å². The maximum Gasteiger partial charge on any atom is 0.186 e. The summed E-state index contributed by atoms with van der Waals surface area (Å²) in [4.78, 5) is 4.41. The molecule has 1 unspecified atom stereocenters. The average Bonchev–Trinajstić information content (AvgIpc) is 2.37. The number of piperazine rings is 1. The minimum absolute atomic E-state index is 0.338. The Bertz CT molecular complexity index is 339. The van der Waals surface area contributed by atoms with E-state index in [0.29, 0.717) is 0 Å². The molecular formula is C15H30N2O4. The number of hydrogen-bond acceptors (Lipinski definition) is 6. The van der Waals surface area contributed by atoms with Gasteiger partial charge < -0.3 is 24.6 Å². The van der Waals surface area contributed by atoms with Gasteiger partial charge in [-0.15, -0.1) is 0 Å². The topological polar surface area (TPSA) is 65.4 Å². The van der Waals surface area contributed by atoms with E-state index in [1.54, 1.807) is 0 Å². The number of likely N-dealkylation sites (N-methyl/N-ethyl adjacent to an activating group) is 1. The van der Waals surface area contributed by atoms with E-state index in [4.69, 9.17) is 9.47 Å². The van der Waals surface area contributed by atoms with Crippen LogP contribution >= 0.6 is 0 Å². The van der Waals surface area contributed by atoms with Gasteiger partial charge in [-0.3, -0.25) is 4.90 Å². The van der Waals surface area contributed by atoms with Crippen LogP contribution in [-0.4, -0.2) is 89.5 Å². The number of nitrogens with zero attached hydrogens (tertiary/aromatic N) is 2. The van der Waals surface area contributed by atoms with Crippen molar-refractivity contribution in [1.82, 2.24) is 9.80 Å². The van der Waals surface area contributed by atoms with Gasteiger partial charge in [-0.2, -0.15) is 0 Å². The highest BCUT2D eigenvalue weighted by atomic mass is 16.7. The van der Waals surface area contributed by atoms with Gasteiger partial charge >= 0.3 is 0 Å². The molecule has 0 spiro atoms. The Morgan fingerprint density at radius 2 is 1.62 bits per heavy atom. The van der Waals surface area contributed by atoms with Crippen molar-refractivity contribution in [3.63, 3.8) is 0 Å². The summed E-state index contributed by atoms with van der Waals surface area (Å²) in [5, 5.41) is 21.1. The summed E-state index contributed by atoms with van der Waals surface area (Å²) < 4.78 is 11.5. The first kappa shape index (κ1) is 17.1. The molecule has 2 aliphatic heterocycles. The largest absolute Gasteiger partial charge is 0.389 e. The fourth-order valence-corrected chi connectivity index (χ4v) is 3.01. The van der Waals surface area contributed by atoms with E-state index >= 15 is 0 Å². The lowest BCUT2D eigenvalue weighted by Gasteiger charge is -2.49. The minimum Gasteiger partial charge on any atom is -0.389 e. The molecule has 2 aliphatic rings. The van der Waals surface area contributed by atoms with Crippen molar-refractivity contribution in [3.05, 3.63) is 0 Å². The number of hydrogen-bond donors (Lipinski definition) is 2. The van der Waals surface area contributed by atoms with Crippen molar-refractivity contribution < 1.29 is 19.7 Å². The zero-order valence-corrected chi connectivity index (χ0v) is 13.8. The highest BCUT2D eigenvalue weighted by Gasteiger charge is 2.47. The monoisotopic (exact) mass is 302 g/mol. The molecule has 0 saturated carbocycles. The molecule has 6 nitrogen and oxygen atoms in total. The van der Waals surface area contributed by atoms with E-state index in [-0.39, 0.29) is 12.1 Å². The van der Waals surface area contributed by atoms with Crippen molar-refractivity contribution in [3.8, 4) is 0 Å². The third kappa shape index (κ3) is 4.15. The lowest BCUT2D eigenvalue weighted by Crippen LogP contribution is -2.66. The number of rotatable bonds is 2. The molecule has 0 aliphatic carbocycles. The summed E-state index contributed by atoms with van der Waals surface area (Å²) in [6.07, 6.45) is -2.61. The number of aliphatic hydroxyl groups is 2. The zero-order chi connectivity index (χ0) is 15.8. The van der Waals surface area contributed by atoms with Crippen LogP contribution in [0, 0.1) is 0 Å². The van der Waals surface area contributed by atoms with E-state index < -0.39 is 24.1 Å². The van der Waals surface area contributed by atoms with Gasteiger partial charge in [0.2, 0.25) is 0 Å². The van der Waals surface area contributed by atoms with Crippen molar-refractivity contribution in [2.45, 2.75) is 63.9 Å². The van der Waals surface area contributed by atoms with Gasteiger partial charge in [-0.1, -0.05) is 0 Å². The summed E-state index contributed by atoms with van der Waals surface area (Å²) in [6.45, 7) is 11.2. The predicted molar refractivity (Wildman–Crippen MR) is 80.0 cm³/mol. The lowest BCUT2D eigenvalue weighted by molar-refractivity contribution is -0.306. The minimum atomic E-state index is -0.848. The Balaban J connectivity index is 2.09. The quantitative estimate of drug-likeness (QED) is 0.742. The molecule has 0 aromatic heterocycles. The zero-order valence-electron chi connectivity index (χ0n) is 13.8. The molecule has 124 valence electrons. The molecule has 0 bridgehead atoms. The normalized spacial score (nSPS) is 40.4. The van der Waals surface area contributed by atoms with Crippen LogP contribution in [0.3, 0.4) is 0 Å². The van der Waals surface area contributed by atoms with Gasteiger partial charge in [-0.05, 0) is 34.7 Å². The molecule has 2 saturated heterocycles. The van der Waals surface area contributed by atoms with Crippen molar-refractivity contribution >= 4 is 0 Å². The first-order valence-electron chi connectivity index (χ1n) is 7.81. The van der Waals surface area contributed by atoms with Gasteiger partial charge in [0.1, 0.15) is 6.10 Å². The Labute approximate surface area is 127 Å². The van der Waals surface area contributed by atoms with Gasteiger partial charge in [0.05, 0.1) is 23.9 Å². The molecule has 2 heterocycles. The van der Waals surface area contributed by atoms with Gasteiger partial charge in [0, 0.05) is 26.2 Å². The third-order valence-corrected chi connectivity index (χ3v) is 4.24. The van der Waals surface area contributed by atoms with Crippen molar-refractivity contribution in [2.24, 2.45) is 0 Å². The first-order chi connectivity index (χ1) is 9.69. The molecule has 5 atom stereocenters. The summed E-state index contributed by atoms with van der Waals surface area (Å²) >= 11 is 0. The fourth-order valence-electron chi connectivity index (χ4n) is 3.01. The van der Waals surface area contributed by atoms with E-state index in [1.807, 2.05) is 27.7 Å². The maximum absolute atomic E-state index is 10.6. The predicted octanol–water partition coefficient (Wildman–Crippen LogP) is -0.116. The molecule has 21 heavy (non-hydrogen) atoms. The molecule has 6 heteroatoms. The molecule has 0 aromatic carbocycles. The smallest absolute Gasteiger partial charge is 0.186 e. The van der Waals surface area contributed by atoms with Crippen LogP contribution in [0.2, 0.25) is 0 Å². The Morgan fingerprint density at radius 1 is 1.05 bits per heavy atom. The van der Waals surface area contributed by atoms with E-state index in [1.165, 1.54) is 0 Å². The second kappa shape index (κ2) is 6.48. The molecule has 2 rings (SSSR count). The van der Waals surface area contributed by atoms with E-state index in [2.05, 4.69) is 16.8 Å². The summed E-state index contributed by atoms with van der Waals surface area (Å²) in [7, 11) is 2.09. The second-order valence-electron chi connectivity index (χ2n) is 7.25. The first-order valence-corrected chi connectivity index (χ1v) is 7.81. The van der Waals surface area contributed by atoms with Crippen LogP contribution in [0.15, 0.2) is 0 Å². The Morgan fingerprint density at radius 3 is 2.14 bits per heavy atom. The van der Waals surface area contributed by atoms with Gasteiger partial charge in [0.25, 0.3) is 0 Å². The molecule has 2 N–H and O–H groups in total. The second-order valence-corrected chi connectivity index (χ2v) is 7.25. The molecule has 2 fully saturated rings. The average molecular weight is 302 g/mol. The van der Waals surface area contributed by atoms with E-state index in [9.17, 15) is 10.2 Å². The standard InChI is InChI=1S/C15H30N2O4/c1-10-12(18)11(17-8-6-16(5)7-9-17)13(19)14(20-10)21-15(2,3)4/h10-14,18-19H,6-9H2,1-5H3/t10-,11?,12-,13+,14+/m1/s1.